The first-order valence-corrected chi connectivity index (χ1v) is 12.2. The van der Waals surface area contributed by atoms with E-state index in [1.54, 1.807) is 9.80 Å². The minimum Gasteiger partial charge on any atom is -0.494 e. The first kappa shape index (κ1) is 23.5. The Morgan fingerprint density at radius 2 is 1.73 bits per heavy atom. The van der Waals surface area contributed by atoms with E-state index in [2.05, 4.69) is 9.97 Å². The number of benzene rings is 1. The van der Waals surface area contributed by atoms with E-state index in [-0.39, 0.29) is 23.4 Å². The first-order chi connectivity index (χ1) is 16.1. The summed E-state index contributed by atoms with van der Waals surface area (Å²) in [6.07, 6.45) is 10.9. The number of amides is 2. The molecular formula is C25H31ClN4O3. The standard InChI is InChI=1S/C25H31ClN4O3/c26-24-22(27-10-11-28-24)18-23(31)29-12-14-30(15-13-29)25(32)20-7-4-8-21(17-20)33-16-9-19-5-2-1-3-6-19/h4,7-8,10-11,17,19H,1-3,5-6,9,12-16,18H2. The minimum absolute atomic E-state index is 0.0307. The van der Waals surface area contributed by atoms with Crippen molar-refractivity contribution in [3.63, 3.8) is 0 Å². The molecule has 1 aromatic carbocycles. The maximum Gasteiger partial charge on any atom is 0.254 e. The van der Waals surface area contributed by atoms with E-state index in [9.17, 15) is 9.59 Å². The van der Waals surface area contributed by atoms with Crippen molar-refractivity contribution in [1.82, 2.24) is 19.8 Å². The zero-order valence-electron chi connectivity index (χ0n) is 18.9. The number of hydrogen-bond donors (Lipinski definition) is 0. The normalized spacial score (nSPS) is 17.1. The number of hydrogen-bond acceptors (Lipinski definition) is 5. The molecule has 2 aromatic rings. The van der Waals surface area contributed by atoms with Gasteiger partial charge < -0.3 is 14.5 Å². The summed E-state index contributed by atoms with van der Waals surface area (Å²) < 4.78 is 5.96. The fourth-order valence-electron chi connectivity index (χ4n) is 4.60. The molecule has 8 heteroatoms. The highest BCUT2D eigenvalue weighted by molar-refractivity contribution is 6.30. The van der Waals surface area contributed by atoms with Crippen LogP contribution in [0.15, 0.2) is 36.7 Å². The summed E-state index contributed by atoms with van der Waals surface area (Å²) in [5.41, 5.74) is 1.10. The average Bonchev–Trinajstić information content (AvgIpc) is 2.86. The molecule has 2 aliphatic rings. The molecule has 0 bridgehead atoms. The number of rotatable bonds is 7. The van der Waals surface area contributed by atoms with Gasteiger partial charge in [0.1, 0.15) is 5.75 Å². The second-order valence-electron chi connectivity index (χ2n) is 8.81. The Labute approximate surface area is 200 Å². The molecule has 176 valence electrons. The number of ether oxygens (including phenoxy) is 1. The lowest BCUT2D eigenvalue weighted by Gasteiger charge is -2.35. The average molecular weight is 471 g/mol. The van der Waals surface area contributed by atoms with Gasteiger partial charge in [-0.3, -0.25) is 14.6 Å². The van der Waals surface area contributed by atoms with Gasteiger partial charge in [-0.25, -0.2) is 4.98 Å². The molecule has 7 nitrogen and oxygen atoms in total. The van der Waals surface area contributed by atoms with Gasteiger partial charge in [0.05, 0.1) is 18.7 Å². The van der Waals surface area contributed by atoms with Gasteiger partial charge in [0.15, 0.2) is 5.15 Å². The van der Waals surface area contributed by atoms with Crippen molar-refractivity contribution in [3.8, 4) is 5.75 Å². The monoisotopic (exact) mass is 470 g/mol. The molecule has 0 atom stereocenters. The summed E-state index contributed by atoms with van der Waals surface area (Å²) in [7, 11) is 0. The number of halogens is 1. The largest absolute Gasteiger partial charge is 0.494 e. The molecule has 2 heterocycles. The van der Waals surface area contributed by atoms with Crippen LogP contribution in [0.3, 0.4) is 0 Å². The van der Waals surface area contributed by atoms with Crippen LogP contribution >= 0.6 is 11.6 Å². The topological polar surface area (TPSA) is 75.6 Å². The molecule has 0 N–H and O–H groups in total. The van der Waals surface area contributed by atoms with Crippen molar-refractivity contribution < 1.29 is 14.3 Å². The SMILES string of the molecule is O=C(Cc1nccnc1Cl)N1CCN(C(=O)c2cccc(OCCC3CCCCC3)c2)CC1. The van der Waals surface area contributed by atoms with Crippen molar-refractivity contribution >= 4 is 23.4 Å². The van der Waals surface area contributed by atoms with Gasteiger partial charge in [-0.15, -0.1) is 0 Å². The van der Waals surface area contributed by atoms with Crippen LogP contribution in [0, 0.1) is 5.92 Å². The number of carbonyl (C=O) groups is 2. The lowest BCUT2D eigenvalue weighted by Crippen LogP contribution is -2.51. The lowest BCUT2D eigenvalue weighted by molar-refractivity contribution is -0.132. The summed E-state index contributed by atoms with van der Waals surface area (Å²) >= 11 is 6.02. The highest BCUT2D eigenvalue weighted by Crippen LogP contribution is 2.26. The third kappa shape index (κ3) is 6.44. The molecule has 0 unspecified atom stereocenters. The van der Waals surface area contributed by atoms with Crippen molar-refractivity contribution in [2.45, 2.75) is 44.9 Å². The van der Waals surface area contributed by atoms with E-state index in [4.69, 9.17) is 16.3 Å². The Kier molecular flexibility index (Phi) is 8.15. The summed E-state index contributed by atoms with van der Waals surface area (Å²) in [4.78, 5) is 37.3. The number of piperazine rings is 1. The minimum atomic E-state index is -0.0575. The molecule has 4 rings (SSSR count). The van der Waals surface area contributed by atoms with E-state index in [1.165, 1.54) is 44.5 Å². The lowest BCUT2D eigenvalue weighted by atomic mass is 9.87. The Bertz CT molecular complexity index is 956. The predicted octanol–water partition coefficient (Wildman–Crippen LogP) is 4.01. The van der Waals surface area contributed by atoms with Crippen LogP contribution in [0.4, 0.5) is 0 Å². The van der Waals surface area contributed by atoms with E-state index in [0.29, 0.717) is 44.0 Å². The third-order valence-electron chi connectivity index (χ3n) is 6.56. The van der Waals surface area contributed by atoms with Crippen LogP contribution < -0.4 is 4.74 Å². The molecule has 33 heavy (non-hydrogen) atoms. The van der Waals surface area contributed by atoms with Crippen molar-refractivity contribution in [2.24, 2.45) is 5.92 Å². The zero-order valence-corrected chi connectivity index (χ0v) is 19.7. The maximum absolute atomic E-state index is 13.0. The third-order valence-corrected chi connectivity index (χ3v) is 6.88. The smallest absolute Gasteiger partial charge is 0.254 e. The van der Waals surface area contributed by atoms with Gasteiger partial charge in [0.2, 0.25) is 5.91 Å². The Morgan fingerprint density at radius 3 is 2.48 bits per heavy atom. The molecule has 2 amide bonds. The van der Waals surface area contributed by atoms with Gasteiger partial charge in [0, 0.05) is 44.1 Å². The van der Waals surface area contributed by atoms with Crippen LogP contribution in [0.5, 0.6) is 5.75 Å². The number of nitrogens with zero attached hydrogens (tertiary/aromatic N) is 4. The van der Waals surface area contributed by atoms with Crippen LogP contribution in [0.25, 0.3) is 0 Å². The maximum atomic E-state index is 13.0. The Morgan fingerprint density at radius 1 is 1.00 bits per heavy atom. The molecule has 0 spiro atoms. The molecule has 1 aliphatic carbocycles. The molecule has 1 saturated heterocycles. The fourth-order valence-corrected chi connectivity index (χ4v) is 4.78. The zero-order chi connectivity index (χ0) is 23.0. The quantitative estimate of drug-likeness (QED) is 0.611. The highest BCUT2D eigenvalue weighted by Gasteiger charge is 2.26. The van der Waals surface area contributed by atoms with Crippen molar-refractivity contribution in [3.05, 3.63) is 53.1 Å². The highest BCUT2D eigenvalue weighted by atomic mass is 35.5. The number of carbonyl (C=O) groups excluding carboxylic acids is 2. The molecule has 1 aliphatic heterocycles. The molecule has 1 saturated carbocycles. The van der Waals surface area contributed by atoms with Crippen LogP contribution in [0.1, 0.15) is 54.6 Å². The fraction of sp³-hybridized carbons (Fsp3) is 0.520. The summed E-state index contributed by atoms with van der Waals surface area (Å²) in [5.74, 6) is 1.42. The van der Waals surface area contributed by atoms with Crippen LogP contribution in [-0.4, -0.2) is 64.4 Å². The molecular weight excluding hydrogens is 440 g/mol. The van der Waals surface area contributed by atoms with E-state index in [1.807, 2.05) is 24.3 Å². The number of aromatic nitrogens is 2. The molecule has 2 fully saturated rings. The Hall–Kier alpha value is -2.67. The molecule has 1 aromatic heterocycles. The van der Waals surface area contributed by atoms with Gasteiger partial charge in [-0.2, -0.15) is 0 Å². The first-order valence-electron chi connectivity index (χ1n) is 11.9. The van der Waals surface area contributed by atoms with Crippen LogP contribution in [-0.2, 0) is 11.2 Å². The summed E-state index contributed by atoms with van der Waals surface area (Å²) in [5, 5.41) is 0.250. The second-order valence-corrected chi connectivity index (χ2v) is 9.17. The van der Waals surface area contributed by atoms with Gasteiger partial charge >= 0.3 is 0 Å². The summed E-state index contributed by atoms with van der Waals surface area (Å²) in [6.45, 7) is 2.65. The van der Waals surface area contributed by atoms with Gasteiger partial charge in [0.25, 0.3) is 5.91 Å². The predicted molar refractivity (Wildman–Crippen MR) is 126 cm³/mol. The van der Waals surface area contributed by atoms with Gasteiger partial charge in [-0.05, 0) is 30.5 Å². The van der Waals surface area contributed by atoms with E-state index in [0.717, 1.165) is 18.1 Å². The van der Waals surface area contributed by atoms with E-state index >= 15 is 0 Å². The van der Waals surface area contributed by atoms with E-state index < -0.39 is 0 Å². The van der Waals surface area contributed by atoms with Gasteiger partial charge in [-0.1, -0.05) is 49.8 Å². The second kappa shape index (κ2) is 11.5. The molecule has 0 radical (unpaired) electrons. The van der Waals surface area contributed by atoms with Crippen molar-refractivity contribution in [2.75, 3.05) is 32.8 Å². The summed E-state index contributed by atoms with van der Waals surface area (Å²) in [6, 6.07) is 7.43. The van der Waals surface area contributed by atoms with Crippen LogP contribution in [0.2, 0.25) is 5.15 Å². The van der Waals surface area contributed by atoms with Crippen molar-refractivity contribution in [1.29, 1.82) is 0 Å². The Balaban J connectivity index is 1.25.